The van der Waals surface area contributed by atoms with E-state index < -0.39 is 47.5 Å². The Bertz CT molecular complexity index is 1060. The molecule has 186 valence electrons. The standard InChI is InChI=1S/C14H17BF3NO3.C7H10N2O3/c1-12(2)13(3,4)22-15(21-12)8-5-6-9(11(19)20)10(7-8)14(16,17)18;1-7(2,3)6-8-4(5(10)11)12-9-6/h5-7H,1-4H3,(H2,19,20);1-3H3,(H,10,11). The molecule has 34 heavy (non-hydrogen) atoms. The van der Waals surface area contributed by atoms with E-state index in [0.29, 0.717) is 5.82 Å². The molecule has 0 radical (unpaired) electrons. The number of hydrogen-bond donors (Lipinski definition) is 2. The highest BCUT2D eigenvalue weighted by atomic mass is 19.4. The van der Waals surface area contributed by atoms with Crippen molar-refractivity contribution in [2.75, 3.05) is 0 Å². The van der Waals surface area contributed by atoms with Gasteiger partial charge in [0.15, 0.2) is 5.82 Å². The molecule has 0 aliphatic carbocycles. The lowest BCUT2D eigenvalue weighted by Crippen LogP contribution is -2.41. The van der Waals surface area contributed by atoms with Crippen LogP contribution < -0.4 is 11.2 Å². The molecule has 1 aromatic carbocycles. The largest absolute Gasteiger partial charge is 0.494 e. The molecule has 0 atom stereocenters. The van der Waals surface area contributed by atoms with E-state index in [1.807, 2.05) is 20.8 Å². The maximum absolute atomic E-state index is 13.1. The fourth-order valence-corrected chi connectivity index (χ4v) is 2.75. The molecule has 13 heteroatoms. The van der Waals surface area contributed by atoms with Crippen molar-refractivity contribution in [1.82, 2.24) is 10.1 Å². The van der Waals surface area contributed by atoms with Crippen molar-refractivity contribution in [2.45, 2.75) is 71.3 Å². The Hall–Kier alpha value is -2.93. The number of benzene rings is 1. The second-order valence-corrected chi connectivity index (χ2v) is 9.73. The molecule has 1 aliphatic heterocycles. The van der Waals surface area contributed by atoms with Gasteiger partial charge in [0.05, 0.1) is 22.3 Å². The summed E-state index contributed by atoms with van der Waals surface area (Å²) in [6.07, 6.45) is -4.69. The summed E-state index contributed by atoms with van der Waals surface area (Å²) in [5, 5.41) is 12.0. The lowest BCUT2D eigenvalue weighted by molar-refractivity contribution is -0.137. The smallest absolute Gasteiger partial charge is 0.474 e. The van der Waals surface area contributed by atoms with E-state index in [4.69, 9.17) is 20.1 Å². The molecule has 9 nitrogen and oxygen atoms in total. The Morgan fingerprint density at radius 1 is 1.06 bits per heavy atom. The van der Waals surface area contributed by atoms with Crippen LogP contribution in [0, 0.1) is 0 Å². The molecule has 1 aromatic heterocycles. The molecule has 2 heterocycles. The molecule has 0 spiro atoms. The van der Waals surface area contributed by atoms with Crippen LogP contribution in [0.3, 0.4) is 0 Å². The number of carbonyl (C=O) groups excluding carboxylic acids is 1. The minimum absolute atomic E-state index is 0.191. The van der Waals surface area contributed by atoms with Gasteiger partial charge in [-0.3, -0.25) is 4.79 Å². The summed E-state index contributed by atoms with van der Waals surface area (Å²) in [5.41, 5.74) is 1.91. The van der Waals surface area contributed by atoms with E-state index in [9.17, 15) is 22.8 Å². The molecule has 0 bridgehead atoms. The number of carbonyl (C=O) groups is 2. The predicted molar refractivity (Wildman–Crippen MR) is 116 cm³/mol. The fraction of sp³-hybridized carbons (Fsp3) is 0.524. The first-order chi connectivity index (χ1) is 15.3. The zero-order valence-corrected chi connectivity index (χ0v) is 19.9. The van der Waals surface area contributed by atoms with Gasteiger partial charge in [0.25, 0.3) is 0 Å². The third-order valence-electron chi connectivity index (χ3n) is 5.42. The number of aromatic nitrogens is 2. The van der Waals surface area contributed by atoms with Crippen molar-refractivity contribution >= 4 is 24.5 Å². The third kappa shape index (κ3) is 5.95. The number of hydrogen-bond acceptors (Lipinski definition) is 7. The summed E-state index contributed by atoms with van der Waals surface area (Å²) in [6, 6.07) is 3.26. The topological polar surface area (TPSA) is 138 Å². The van der Waals surface area contributed by atoms with Crippen LogP contribution in [-0.4, -0.2) is 45.4 Å². The van der Waals surface area contributed by atoms with E-state index in [-0.39, 0.29) is 16.8 Å². The van der Waals surface area contributed by atoms with Crippen LogP contribution in [0.2, 0.25) is 0 Å². The van der Waals surface area contributed by atoms with E-state index in [1.165, 1.54) is 6.07 Å². The van der Waals surface area contributed by atoms with Gasteiger partial charge in [0, 0.05) is 5.41 Å². The van der Waals surface area contributed by atoms with E-state index in [0.717, 1.165) is 12.1 Å². The van der Waals surface area contributed by atoms with E-state index >= 15 is 0 Å². The molecule has 1 amide bonds. The number of alkyl halides is 3. The van der Waals surface area contributed by atoms with Crippen LogP contribution in [0.1, 0.15) is 80.9 Å². The zero-order chi connectivity index (χ0) is 26.3. The Labute approximate surface area is 194 Å². The molecule has 1 aliphatic rings. The second-order valence-electron chi connectivity index (χ2n) is 9.73. The first-order valence-electron chi connectivity index (χ1n) is 10.2. The normalized spacial score (nSPS) is 17.2. The quantitative estimate of drug-likeness (QED) is 0.633. The Morgan fingerprint density at radius 3 is 1.94 bits per heavy atom. The summed E-state index contributed by atoms with van der Waals surface area (Å²) in [4.78, 5) is 25.2. The maximum atomic E-state index is 13.1. The fourth-order valence-electron chi connectivity index (χ4n) is 2.75. The maximum Gasteiger partial charge on any atom is 0.494 e. The van der Waals surface area contributed by atoms with Crippen molar-refractivity contribution in [3.63, 3.8) is 0 Å². The van der Waals surface area contributed by atoms with Gasteiger partial charge >= 0.3 is 25.2 Å². The van der Waals surface area contributed by atoms with Gasteiger partial charge in [-0.15, -0.1) is 0 Å². The van der Waals surface area contributed by atoms with E-state index in [1.54, 1.807) is 27.7 Å². The van der Waals surface area contributed by atoms with Gasteiger partial charge in [-0.2, -0.15) is 18.2 Å². The van der Waals surface area contributed by atoms with Crippen molar-refractivity contribution in [2.24, 2.45) is 5.73 Å². The molecule has 1 fully saturated rings. The monoisotopic (exact) mass is 485 g/mol. The predicted octanol–water partition coefficient (Wildman–Crippen LogP) is 3.17. The van der Waals surface area contributed by atoms with Crippen molar-refractivity contribution in [3.05, 3.63) is 41.0 Å². The van der Waals surface area contributed by atoms with Crippen LogP contribution in [0.5, 0.6) is 0 Å². The Kier molecular flexibility index (Phi) is 7.25. The number of primary amides is 1. The first-order valence-corrected chi connectivity index (χ1v) is 10.2. The van der Waals surface area contributed by atoms with Gasteiger partial charge in [-0.1, -0.05) is 32.0 Å². The highest BCUT2D eigenvalue weighted by Crippen LogP contribution is 2.37. The Morgan fingerprint density at radius 2 is 1.59 bits per heavy atom. The van der Waals surface area contributed by atoms with Gasteiger partial charge in [0.1, 0.15) is 0 Å². The zero-order valence-electron chi connectivity index (χ0n) is 19.9. The number of rotatable bonds is 3. The highest BCUT2D eigenvalue weighted by molar-refractivity contribution is 6.62. The number of aromatic carboxylic acids is 1. The lowest BCUT2D eigenvalue weighted by Gasteiger charge is -2.32. The van der Waals surface area contributed by atoms with E-state index in [2.05, 4.69) is 14.7 Å². The number of halogens is 3. The third-order valence-corrected chi connectivity index (χ3v) is 5.42. The summed E-state index contributed by atoms with van der Waals surface area (Å²) in [5.74, 6) is -2.29. The Balaban J connectivity index is 0.000000287. The molecule has 3 rings (SSSR count). The molecular weight excluding hydrogens is 458 g/mol. The molecule has 1 saturated heterocycles. The van der Waals surface area contributed by atoms with Crippen LogP contribution >= 0.6 is 0 Å². The first kappa shape index (κ1) is 27.3. The number of carboxylic acid groups (broad SMARTS) is 1. The van der Waals surface area contributed by atoms with Gasteiger partial charge in [-0.05, 0) is 45.3 Å². The molecular formula is C21H27BF3N3O6. The van der Waals surface area contributed by atoms with Crippen LogP contribution in [0.15, 0.2) is 22.7 Å². The van der Waals surface area contributed by atoms with Crippen molar-refractivity contribution in [3.8, 4) is 0 Å². The lowest BCUT2D eigenvalue weighted by atomic mass is 9.77. The van der Waals surface area contributed by atoms with Gasteiger partial charge in [0.2, 0.25) is 5.91 Å². The average molecular weight is 485 g/mol. The summed E-state index contributed by atoms with van der Waals surface area (Å²) in [6.45, 7) is 12.8. The molecule has 3 N–H and O–H groups in total. The SMILES string of the molecule is CC(C)(C)c1noc(C(=O)O)n1.CC1(C)OB(c2ccc(C(N)=O)c(C(F)(F)F)c2)OC1(C)C. The summed E-state index contributed by atoms with van der Waals surface area (Å²) < 4.78 is 55.2. The number of nitrogens with two attached hydrogens (primary N) is 1. The van der Waals surface area contributed by atoms with Crippen molar-refractivity contribution < 1.29 is 41.7 Å². The van der Waals surface area contributed by atoms with Crippen LogP contribution in [0.4, 0.5) is 13.2 Å². The van der Waals surface area contributed by atoms with Gasteiger partial charge in [-0.25, -0.2) is 4.79 Å². The van der Waals surface area contributed by atoms with Crippen LogP contribution in [0.25, 0.3) is 0 Å². The number of nitrogens with zero attached hydrogens (tertiary/aromatic N) is 2. The number of carboxylic acids is 1. The number of amides is 1. The second kappa shape index (κ2) is 9.03. The van der Waals surface area contributed by atoms with Gasteiger partial charge < -0.3 is 24.7 Å². The molecule has 0 saturated carbocycles. The van der Waals surface area contributed by atoms with Crippen molar-refractivity contribution in [1.29, 1.82) is 0 Å². The highest BCUT2D eigenvalue weighted by Gasteiger charge is 2.52. The average Bonchev–Trinajstić information content (AvgIpc) is 3.24. The molecule has 0 unspecified atom stereocenters. The molecule has 2 aromatic rings. The van der Waals surface area contributed by atoms with Crippen LogP contribution in [-0.2, 0) is 20.9 Å². The minimum atomic E-state index is -4.69. The summed E-state index contributed by atoms with van der Waals surface area (Å²) in [7, 11) is -0.937. The minimum Gasteiger partial charge on any atom is -0.474 e. The summed E-state index contributed by atoms with van der Waals surface area (Å²) >= 11 is 0.